The number of ether oxygens (including phenoxy) is 1. The Labute approximate surface area is 184 Å². The molecule has 6 heteroatoms. The van der Waals surface area contributed by atoms with Gasteiger partial charge in [-0.3, -0.25) is 0 Å². The van der Waals surface area contributed by atoms with Crippen LogP contribution in [-0.2, 0) is 5.75 Å². The summed E-state index contributed by atoms with van der Waals surface area (Å²) in [5.74, 6) is 1.39. The lowest BCUT2D eigenvalue weighted by molar-refractivity contribution is 0.373. The normalized spacial score (nSPS) is 10.9. The van der Waals surface area contributed by atoms with E-state index < -0.39 is 0 Å². The minimum absolute atomic E-state index is 0.142. The molecular weight excluding hydrogens is 412 g/mol. The highest BCUT2D eigenvalue weighted by Crippen LogP contribution is 2.42. The van der Waals surface area contributed by atoms with Gasteiger partial charge in [0, 0.05) is 26.9 Å². The summed E-state index contributed by atoms with van der Waals surface area (Å²) in [5, 5.41) is 10.7. The van der Waals surface area contributed by atoms with Crippen LogP contribution in [0.3, 0.4) is 0 Å². The summed E-state index contributed by atoms with van der Waals surface area (Å²) < 4.78 is 5.29. The second-order valence-corrected chi connectivity index (χ2v) is 8.93. The summed E-state index contributed by atoms with van der Waals surface area (Å²) in [6, 6.07) is 20.1. The van der Waals surface area contributed by atoms with E-state index in [0.29, 0.717) is 5.75 Å². The van der Waals surface area contributed by atoms with E-state index in [4.69, 9.17) is 4.74 Å². The molecule has 152 valence electrons. The molecule has 4 nitrogen and oxygen atoms in total. The van der Waals surface area contributed by atoms with E-state index in [1.165, 1.54) is 16.0 Å². The van der Waals surface area contributed by atoms with Gasteiger partial charge in [0.1, 0.15) is 0 Å². The molecule has 30 heavy (non-hydrogen) atoms. The molecule has 4 rings (SSSR count). The van der Waals surface area contributed by atoms with Crippen molar-refractivity contribution in [3.05, 3.63) is 77.6 Å². The Morgan fingerprint density at radius 3 is 2.37 bits per heavy atom. The lowest BCUT2D eigenvalue weighted by atomic mass is 10.1. The van der Waals surface area contributed by atoms with E-state index in [1.807, 2.05) is 38.1 Å². The fourth-order valence-corrected chi connectivity index (χ4v) is 5.45. The fourth-order valence-electron chi connectivity index (χ4n) is 3.24. The predicted octanol–water partition coefficient (Wildman–Crippen LogP) is 6.50. The minimum Gasteiger partial charge on any atom is -0.504 e. The highest BCUT2D eigenvalue weighted by Gasteiger charge is 2.15. The fraction of sp³-hybridized carbons (Fsp3) is 0.167. The van der Waals surface area contributed by atoms with Crippen LogP contribution >= 0.6 is 23.1 Å². The van der Waals surface area contributed by atoms with Crippen molar-refractivity contribution in [1.82, 2.24) is 9.97 Å². The number of aromatic nitrogens is 2. The van der Waals surface area contributed by atoms with E-state index in [9.17, 15) is 5.11 Å². The predicted molar refractivity (Wildman–Crippen MR) is 124 cm³/mol. The molecule has 0 unspecified atom stereocenters. The first kappa shape index (κ1) is 20.4. The van der Waals surface area contributed by atoms with Gasteiger partial charge in [-0.2, -0.15) is 0 Å². The molecular formula is C24H22N2O2S2. The zero-order valence-corrected chi connectivity index (χ0v) is 18.7. The Morgan fingerprint density at radius 2 is 1.67 bits per heavy atom. The molecule has 0 aliphatic carbocycles. The van der Waals surface area contributed by atoms with Crippen LogP contribution in [0.5, 0.6) is 11.5 Å². The van der Waals surface area contributed by atoms with Crippen LogP contribution in [0.4, 0.5) is 0 Å². The number of hydrogen-bond donors (Lipinski definition) is 1. The SMILES string of the molecule is COc1cc(-c2cc(CSc3nc(C)cc(C)n3)c(-c3ccccc3)s2)ccc1O. The number of aryl methyl sites for hydroxylation is 2. The number of phenolic OH excluding ortho intramolecular Hbond substituents is 1. The monoisotopic (exact) mass is 434 g/mol. The van der Waals surface area contributed by atoms with Crippen LogP contribution in [-0.4, -0.2) is 22.2 Å². The molecule has 0 aliphatic rings. The van der Waals surface area contributed by atoms with Crippen molar-refractivity contribution in [2.45, 2.75) is 24.8 Å². The Kier molecular flexibility index (Phi) is 6.06. The molecule has 0 aliphatic heterocycles. The van der Waals surface area contributed by atoms with Crippen molar-refractivity contribution in [3.8, 4) is 32.4 Å². The molecule has 0 bridgehead atoms. The van der Waals surface area contributed by atoms with Crippen LogP contribution in [0.15, 0.2) is 65.8 Å². The quantitative estimate of drug-likeness (QED) is 0.277. The Morgan fingerprint density at radius 1 is 0.933 bits per heavy atom. The third-order valence-electron chi connectivity index (χ3n) is 4.63. The summed E-state index contributed by atoms with van der Waals surface area (Å²) in [5.41, 5.74) is 5.41. The number of rotatable bonds is 6. The van der Waals surface area contributed by atoms with Crippen LogP contribution in [0.2, 0.25) is 0 Å². The third-order valence-corrected chi connectivity index (χ3v) is 6.80. The van der Waals surface area contributed by atoms with Gasteiger partial charge >= 0.3 is 0 Å². The second kappa shape index (κ2) is 8.90. The van der Waals surface area contributed by atoms with Gasteiger partial charge in [0.15, 0.2) is 16.7 Å². The van der Waals surface area contributed by atoms with E-state index in [-0.39, 0.29) is 5.75 Å². The van der Waals surface area contributed by atoms with Crippen LogP contribution in [0.1, 0.15) is 17.0 Å². The summed E-state index contributed by atoms with van der Waals surface area (Å²) in [6.07, 6.45) is 0. The molecule has 0 fully saturated rings. The topological polar surface area (TPSA) is 55.2 Å². The largest absolute Gasteiger partial charge is 0.504 e. The highest BCUT2D eigenvalue weighted by molar-refractivity contribution is 7.98. The Balaban J connectivity index is 1.71. The van der Waals surface area contributed by atoms with E-state index >= 15 is 0 Å². The number of thioether (sulfide) groups is 1. The smallest absolute Gasteiger partial charge is 0.188 e. The van der Waals surface area contributed by atoms with Gasteiger partial charge in [-0.1, -0.05) is 42.1 Å². The zero-order chi connectivity index (χ0) is 21.1. The van der Waals surface area contributed by atoms with Crippen molar-refractivity contribution in [2.75, 3.05) is 7.11 Å². The number of thiophene rings is 1. The maximum Gasteiger partial charge on any atom is 0.188 e. The molecule has 0 saturated heterocycles. The molecule has 0 spiro atoms. The third kappa shape index (κ3) is 4.50. The lowest BCUT2D eigenvalue weighted by Gasteiger charge is -2.05. The van der Waals surface area contributed by atoms with E-state index in [2.05, 4.69) is 40.3 Å². The Bertz CT molecular complexity index is 1150. The van der Waals surface area contributed by atoms with E-state index in [0.717, 1.165) is 32.7 Å². The van der Waals surface area contributed by atoms with Gasteiger partial charge in [-0.15, -0.1) is 11.3 Å². The van der Waals surface area contributed by atoms with Gasteiger partial charge in [-0.25, -0.2) is 9.97 Å². The van der Waals surface area contributed by atoms with Crippen molar-refractivity contribution in [1.29, 1.82) is 0 Å². The maximum absolute atomic E-state index is 9.94. The maximum atomic E-state index is 9.94. The summed E-state index contributed by atoms with van der Waals surface area (Å²) in [7, 11) is 1.56. The second-order valence-electron chi connectivity index (χ2n) is 6.94. The Hall–Kier alpha value is -2.83. The van der Waals surface area contributed by atoms with Crippen molar-refractivity contribution in [2.24, 2.45) is 0 Å². The van der Waals surface area contributed by atoms with Gasteiger partial charge in [0.2, 0.25) is 0 Å². The summed E-state index contributed by atoms with van der Waals surface area (Å²) in [6.45, 7) is 3.99. The molecule has 0 radical (unpaired) electrons. The summed E-state index contributed by atoms with van der Waals surface area (Å²) in [4.78, 5) is 11.5. The number of aromatic hydroxyl groups is 1. The van der Waals surface area contributed by atoms with Gasteiger partial charge in [0.05, 0.1) is 7.11 Å². The minimum atomic E-state index is 0.142. The first-order chi connectivity index (χ1) is 14.5. The number of methoxy groups -OCH3 is 1. The van der Waals surface area contributed by atoms with Crippen molar-refractivity contribution in [3.63, 3.8) is 0 Å². The van der Waals surface area contributed by atoms with E-state index in [1.54, 1.807) is 36.3 Å². The average molecular weight is 435 g/mol. The molecule has 2 aromatic carbocycles. The van der Waals surface area contributed by atoms with Gasteiger partial charge in [0.25, 0.3) is 0 Å². The molecule has 0 saturated carbocycles. The number of benzene rings is 2. The van der Waals surface area contributed by atoms with Crippen LogP contribution in [0.25, 0.3) is 20.9 Å². The summed E-state index contributed by atoms with van der Waals surface area (Å²) >= 11 is 3.39. The number of nitrogens with zero attached hydrogens (tertiary/aromatic N) is 2. The molecule has 2 heterocycles. The molecule has 1 N–H and O–H groups in total. The molecule has 0 atom stereocenters. The molecule has 2 aromatic heterocycles. The van der Waals surface area contributed by atoms with Crippen LogP contribution in [0, 0.1) is 13.8 Å². The highest BCUT2D eigenvalue weighted by atomic mass is 32.2. The van der Waals surface area contributed by atoms with Crippen LogP contribution < -0.4 is 4.74 Å². The van der Waals surface area contributed by atoms with Crippen molar-refractivity contribution < 1.29 is 9.84 Å². The first-order valence-electron chi connectivity index (χ1n) is 9.54. The average Bonchev–Trinajstić information content (AvgIpc) is 3.17. The van der Waals surface area contributed by atoms with Crippen molar-refractivity contribution >= 4 is 23.1 Å². The molecule has 4 aromatic rings. The lowest BCUT2D eigenvalue weighted by Crippen LogP contribution is -1.93. The standard InChI is InChI=1S/C24H22N2O2S2/c1-15-11-16(2)26-24(25-15)29-14-19-13-22(18-9-10-20(27)21(12-18)28-3)30-23(19)17-7-5-4-6-8-17/h4-13,27H,14H2,1-3H3. The van der Waals surface area contributed by atoms with Gasteiger partial charge < -0.3 is 9.84 Å². The number of phenols is 1. The number of hydrogen-bond acceptors (Lipinski definition) is 6. The zero-order valence-electron chi connectivity index (χ0n) is 17.0. The van der Waals surface area contributed by atoms with Gasteiger partial charge in [-0.05, 0) is 60.9 Å². The molecule has 0 amide bonds. The first-order valence-corrected chi connectivity index (χ1v) is 11.3.